The van der Waals surface area contributed by atoms with Crippen LogP contribution in [0.1, 0.15) is 53.9 Å². The van der Waals surface area contributed by atoms with Gasteiger partial charge in [0, 0.05) is 0 Å². The highest BCUT2D eigenvalue weighted by molar-refractivity contribution is 4.44. The fourth-order valence-corrected chi connectivity index (χ4v) is 1.25. The van der Waals surface area contributed by atoms with Gasteiger partial charge in [-0.3, -0.25) is 4.74 Å². The van der Waals surface area contributed by atoms with Gasteiger partial charge in [-0.15, -0.1) is 0 Å². The molecular formula is C15H32O6. The Morgan fingerprint density at radius 2 is 1.71 bits per heavy atom. The lowest BCUT2D eigenvalue weighted by atomic mass is 10.2. The largest absolute Gasteiger partial charge is 0.355 e. The summed E-state index contributed by atoms with van der Waals surface area (Å²) >= 11 is 0. The van der Waals surface area contributed by atoms with Crippen molar-refractivity contribution >= 4 is 0 Å². The number of hydrogen-bond acceptors (Lipinski definition) is 6. The van der Waals surface area contributed by atoms with Gasteiger partial charge in [-0.2, -0.15) is 0 Å². The van der Waals surface area contributed by atoms with Gasteiger partial charge in [0.1, 0.15) is 0 Å². The van der Waals surface area contributed by atoms with Crippen molar-refractivity contribution in [3.05, 3.63) is 0 Å². The minimum atomic E-state index is -1.37. The van der Waals surface area contributed by atoms with Crippen molar-refractivity contribution in [1.82, 2.24) is 0 Å². The molecule has 0 aliphatic rings. The van der Waals surface area contributed by atoms with Crippen LogP contribution in [0.25, 0.3) is 0 Å². The first kappa shape index (κ1) is 20.8. The van der Waals surface area contributed by atoms with Gasteiger partial charge < -0.3 is 24.1 Å². The molecule has 128 valence electrons. The number of rotatable bonds is 14. The molecule has 0 aromatic carbocycles. The molecule has 21 heavy (non-hydrogen) atoms. The van der Waals surface area contributed by atoms with Gasteiger partial charge in [-0.25, -0.2) is 0 Å². The summed E-state index contributed by atoms with van der Waals surface area (Å²) in [6, 6.07) is 0. The first-order valence-corrected chi connectivity index (χ1v) is 7.79. The summed E-state index contributed by atoms with van der Waals surface area (Å²) in [5.74, 6) is 0.423. The Morgan fingerprint density at radius 1 is 1.00 bits per heavy atom. The van der Waals surface area contributed by atoms with Crippen molar-refractivity contribution < 1.29 is 28.8 Å². The van der Waals surface area contributed by atoms with Gasteiger partial charge in [0.05, 0.1) is 19.3 Å². The third-order valence-electron chi connectivity index (χ3n) is 2.64. The maximum Gasteiger partial charge on any atom is 0.277 e. The van der Waals surface area contributed by atoms with E-state index in [9.17, 15) is 5.11 Å². The van der Waals surface area contributed by atoms with Crippen LogP contribution in [-0.2, 0) is 23.7 Å². The fourth-order valence-electron chi connectivity index (χ4n) is 1.25. The second kappa shape index (κ2) is 13.4. The third-order valence-corrected chi connectivity index (χ3v) is 2.64. The Morgan fingerprint density at radius 3 is 2.29 bits per heavy atom. The second-order valence-electron chi connectivity index (χ2n) is 5.36. The lowest BCUT2D eigenvalue weighted by molar-refractivity contribution is -0.405. The molecule has 0 radical (unpaired) electrons. The molecule has 6 nitrogen and oxygen atoms in total. The van der Waals surface area contributed by atoms with Crippen LogP contribution in [0.5, 0.6) is 0 Å². The summed E-state index contributed by atoms with van der Waals surface area (Å²) in [5.41, 5.74) is 0. The molecular weight excluding hydrogens is 276 g/mol. The summed E-state index contributed by atoms with van der Waals surface area (Å²) < 4.78 is 26.5. The topological polar surface area (TPSA) is 66.4 Å². The smallest absolute Gasteiger partial charge is 0.277 e. The number of unbranched alkanes of at least 4 members (excludes halogenated alkanes) is 1. The lowest BCUT2D eigenvalue weighted by Gasteiger charge is -2.24. The van der Waals surface area contributed by atoms with Crippen LogP contribution in [0, 0.1) is 5.92 Å². The van der Waals surface area contributed by atoms with Crippen molar-refractivity contribution in [2.45, 2.75) is 72.9 Å². The Balaban J connectivity index is 4.06. The van der Waals surface area contributed by atoms with Gasteiger partial charge >= 0.3 is 0 Å². The third kappa shape index (κ3) is 13.2. The summed E-state index contributed by atoms with van der Waals surface area (Å²) in [5, 5.41) is 9.63. The average molecular weight is 308 g/mol. The van der Waals surface area contributed by atoms with E-state index in [0.29, 0.717) is 19.1 Å². The Kier molecular flexibility index (Phi) is 13.3. The van der Waals surface area contributed by atoms with Crippen LogP contribution in [0.15, 0.2) is 0 Å². The average Bonchev–Trinajstić information content (AvgIpc) is 2.43. The van der Waals surface area contributed by atoms with E-state index < -0.39 is 13.0 Å². The van der Waals surface area contributed by atoms with E-state index in [1.165, 1.54) is 0 Å². The monoisotopic (exact) mass is 308 g/mol. The lowest BCUT2D eigenvalue weighted by Crippen LogP contribution is -2.32. The summed E-state index contributed by atoms with van der Waals surface area (Å²) in [7, 11) is 0. The standard InChI is InChI=1S/C15H32O6/c1-6-8-9-18-14(16)21-15(20-13(5)7-2)19-11-17-10-12(3)4/h12-16H,6-11H2,1-5H3. The predicted octanol–water partition coefficient (Wildman–Crippen LogP) is 2.84. The molecule has 0 aromatic heterocycles. The normalized spacial score (nSPS) is 16.1. The number of ether oxygens (including phenoxy) is 5. The van der Waals surface area contributed by atoms with Gasteiger partial charge in [-0.1, -0.05) is 34.1 Å². The van der Waals surface area contributed by atoms with Crippen LogP contribution < -0.4 is 0 Å². The quantitative estimate of drug-likeness (QED) is 0.393. The molecule has 0 spiro atoms. The number of aliphatic hydroxyl groups excluding tert-OH is 1. The van der Waals surface area contributed by atoms with E-state index >= 15 is 0 Å². The predicted molar refractivity (Wildman–Crippen MR) is 79.3 cm³/mol. The van der Waals surface area contributed by atoms with Crippen LogP contribution in [0.4, 0.5) is 0 Å². The molecule has 1 N–H and O–H groups in total. The Bertz CT molecular complexity index is 224. The maximum atomic E-state index is 9.63. The van der Waals surface area contributed by atoms with Crippen molar-refractivity contribution in [3.63, 3.8) is 0 Å². The van der Waals surface area contributed by atoms with E-state index in [2.05, 4.69) is 13.8 Å². The molecule has 0 aliphatic heterocycles. The molecule has 0 saturated heterocycles. The Labute approximate surface area is 128 Å². The molecule has 0 heterocycles. The minimum Gasteiger partial charge on any atom is -0.355 e. The first-order chi connectivity index (χ1) is 9.99. The molecule has 0 amide bonds. The van der Waals surface area contributed by atoms with E-state index in [0.717, 1.165) is 19.3 Å². The zero-order chi connectivity index (χ0) is 16.1. The molecule has 3 atom stereocenters. The van der Waals surface area contributed by atoms with Crippen LogP contribution in [0.3, 0.4) is 0 Å². The number of hydrogen-bond donors (Lipinski definition) is 1. The van der Waals surface area contributed by atoms with Crippen molar-refractivity contribution in [2.24, 2.45) is 5.92 Å². The summed E-state index contributed by atoms with van der Waals surface area (Å²) in [4.78, 5) is 0. The van der Waals surface area contributed by atoms with Crippen LogP contribution >= 0.6 is 0 Å². The molecule has 0 fully saturated rings. The van der Waals surface area contributed by atoms with E-state index in [1.807, 2.05) is 20.8 Å². The summed E-state index contributed by atoms with van der Waals surface area (Å²) in [6.07, 6.45) is 2.60. The van der Waals surface area contributed by atoms with Crippen LogP contribution in [-0.4, -0.2) is 44.2 Å². The molecule has 0 rings (SSSR count). The SMILES string of the molecule is CCCCOC(O)OC(OCOCC(C)C)OC(C)CC. The first-order valence-electron chi connectivity index (χ1n) is 7.79. The van der Waals surface area contributed by atoms with E-state index in [-0.39, 0.29) is 12.9 Å². The summed E-state index contributed by atoms with van der Waals surface area (Å²) in [6.45, 7) is 8.72. The zero-order valence-corrected chi connectivity index (χ0v) is 14.0. The molecule has 3 unspecified atom stereocenters. The van der Waals surface area contributed by atoms with E-state index in [1.54, 1.807) is 0 Å². The molecule has 0 bridgehead atoms. The van der Waals surface area contributed by atoms with Gasteiger partial charge in [0.15, 0.2) is 6.79 Å². The van der Waals surface area contributed by atoms with E-state index in [4.69, 9.17) is 23.7 Å². The molecule has 0 aliphatic carbocycles. The fraction of sp³-hybridized carbons (Fsp3) is 1.00. The van der Waals surface area contributed by atoms with Crippen LogP contribution in [0.2, 0.25) is 0 Å². The molecule has 0 aromatic rings. The maximum absolute atomic E-state index is 9.63. The van der Waals surface area contributed by atoms with Crippen molar-refractivity contribution in [2.75, 3.05) is 20.0 Å². The zero-order valence-electron chi connectivity index (χ0n) is 14.0. The highest BCUT2D eigenvalue weighted by Crippen LogP contribution is 2.09. The highest BCUT2D eigenvalue weighted by Gasteiger charge is 2.18. The Hall–Kier alpha value is -0.240. The molecule has 0 saturated carbocycles. The van der Waals surface area contributed by atoms with Gasteiger partial charge in [0.25, 0.3) is 13.0 Å². The number of aliphatic hydroxyl groups is 1. The van der Waals surface area contributed by atoms with Crippen molar-refractivity contribution in [1.29, 1.82) is 0 Å². The second-order valence-corrected chi connectivity index (χ2v) is 5.36. The van der Waals surface area contributed by atoms with Crippen molar-refractivity contribution in [3.8, 4) is 0 Å². The van der Waals surface area contributed by atoms with Gasteiger partial charge in [-0.05, 0) is 25.7 Å². The highest BCUT2D eigenvalue weighted by atomic mass is 16.9. The molecule has 6 heteroatoms. The van der Waals surface area contributed by atoms with Gasteiger partial charge in [0.2, 0.25) is 0 Å². The minimum absolute atomic E-state index is 0.0426.